The smallest absolute Gasteiger partial charge is 0.294 e. The van der Waals surface area contributed by atoms with Gasteiger partial charge in [-0.15, -0.1) is 11.3 Å². The summed E-state index contributed by atoms with van der Waals surface area (Å²) >= 11 is 1.29. The van der Waals surface area contributed by atoms with Crippen molar-refractivity contribution >= 4 is 49.5 Å². The normalized spacial score (nSPS) is 11.1. The van der Waals surface area contributed by atoms with Crippen molar-refractivity contribution in [2.75, 3.05) is 10.6 Å². The number of pyridine rings is 1. The molecule has 7 rings (SSSR count). The number of nitrogens with one attached hydrogen (secondary N) is 3. The first-order valence-corrected chi connectivity index (χ1v) is 17.3. The fourth-order valence-corrected chi connectivity index (χ4v) is 5.97. The number of anilines is 2. The van der Waals surface area contributed by atoms with Crippen LogP contribution in [0.15, 0.2) is 113 Å². The summed E-state index contributed by atoms with van der Waals surface area (Å²) in [5.41, 5.74) is 0.752. The Bertz CT molecular complexity index is 2490. The van der Waals surface area contributed by atoms with Gasteiger partial charge in [-0.3, -0.25) is 24.0 Å². The number of aryl methyl sites for hydroxylation is 1. The lowest BCUT2D eigenvalue weighted by atomic mass is 9.99. The molecule has 4 aromatic heterocycles. The summed E-state index contributed by atoms with van der Waals surface area (Å²) in [6.45, 7) is 2.05. The SMILES string of the molecule is Cc1ccc(C(=O)Nc2nccs2)cc1-c1nc(NCc2ncc[nH]2)nc2c1ccc(=O)n2-c1c(F)cccc1F.O=S(=O)(O)c1ccccc1. The highest BCUT2D eigenvalue weighted by atomic mass is 32.2. The molecule has 0 unspecified atom stereocenters. The van der Waals surface area contributed by atoms with E-state index in [1.165, 1.54) is 41.7 Å². The minimum Gasteiger partial charge on any atom is -0.347 e. The van der Waals surface area contributed by atoms with Gasteiger partial charge in [-0.25, -0.2) is 23.7 Å². The maximum Gasteiger partial charge on any atom is 0.294 e. The third-order valence-electron chi connectivity index (χ3n) is 7.33. The Morgan fingerprint density at radius 3 is 2.37 bits per heavy atom. The average Bonchev–Trinajstić information content (AvgIpc) is 3.83. The monoisotopic (exact) mass is 728 g/mol. The molecule has 0 aliphatic rings. The number of nitrogens with zero attached hydrogens (tertiary/aromatic N) is 5. The van der Waals surface area contributed by atoms with Crippen LogP contribution in [0, 0.1) is 18.6 Å². The zero-order chi connectivity index (χ0) is 36.1. The minimum absolute atomic E-state index is 0.0227. The van der Waals surface area contributed by atoms with E-state index in [-0.39, 0.29) is 28.9 Å². The number of rotatable bonds is 8. The third-order valence-corrected chi connectivity index (χ3v) is 8.89. The van der Waals surface area contributed by atoms with Crippen LogP contribution in [0.5, 0.6) is 0 Å². The molecular formula is C34H26F2N8O5S2. The van der Waals surface area contributed by atoms with E-state index in [4.69, 9.17) is 9.54 Å². The van der Waals surface area contributed by atoms with Gasteiger partial charge < -0.3 is 10.3 Å². The van der Waals surface area contributed by atoms with Crippen LogP contribution in [0.1, 0.15) is 21.7 Å². The second kappa shape index (κ2) is 14.8. The standard InChI is InChI=1S/C28H20F2N8O2S.C6H6O3S/c1-15-5-6-16(26(40)37-28-33-11-12-41-28)13-18(15)23-17-7-8-22(39)38(24-19(29)3-2-4-20(24)30)25(17)36-27(35-23)34-14-21-31-9-10-32-21;7-10(8,9)6-4-2-1-3-5-6/h2-13H,14H2,1H3,(H,31,32)(H,33,37,40)(H,34,35,36);1-5H,(H,7,8,9). The summed E-state index contributed by atoms with van der Waals surface area (Å²) in [7, 11) is -4.00. The van der Waals surface area contributed by atoms with Crippen molar-refractivity contribution in [1.82, 2.24) is 29.5 Å². The van der Waals surface area contributed by atoms with Crippen molar-refractivity contribution in [3.63, 3.8) is 0 Å². The van der Waals surface area contributed by atoms with Crippen LogP contribution in [0.2, 0.25) is 0 Å². The molecule has 17 heteroatoms. The summed E-state index contributed by atoms with van der Waals surface area (Å²) in [5, 5.41) is 8.36. The number of para-hydroxylation sites is 1. The van der Waals surface area contributed by atoms with Crippen LogP contribution >= 0.6 is 11.3 Å². The highest BCUT2D eigenvalue weighted by Crippen LogP contribution is 2.32. The molecule has 0 radical (unpaired) electrons. The fraction of sp³-hybridized carbons (Fsp3) is 0.0588. The van der Waals surface area contributed by atoms with E-state index in [1.807, 2.05) is 6.92 Å². The van der Waals surface area contributed by atoms with E-state index in [0.717, 1.165) is 22.3 Å². The summed E-state index contributed by atoms with van der Waals surface area (Å²) in [5.74, 6) is -1.56. The molecule has 3 aromatic carbocycles. The molecule has 0 aliphatic carbocycles. The zero-order valence-electron chi connectivity index (χ0n) is 26.4. The van der Waals surface area contributed by atoms with Crippen LogP contribution in [0.25, 0.3) is 28.0 Å². The topological polar surface area (TPSA) is 185 Å². The number of carbonyl (C=O) groups is 1. The number of aromatic amines is 1. The molecule has 1 amide bonds. The molecule has 0 saturated heterocycles. The number of H-pyrrole nitrogens is 1. The van der Waals surface area contributed by atoms with Gasteiger partial charge in [0.15, 0.2) is 10.8 Å². The Labute approximate surface area is 292 Å². The number of thiazole rings is 1. The van der Waals surface area contributed by atoms with Crippen molar-refractivity contribution in [3.05, 3.63) is 142 Å². The van der Waals surface area contributed by atoms with Crippen molar-refractivity contribution in [1.29, 1.82) is 0 Å². The number of halogens is 2. The maximum atomic E-state index is 14.9. The quantitative estimate of drug-likeness (QED) is 0.135. The zero-order valence-corrected chi connectivity index (χ0v) is 28.0. The van der Waals surface area contributed by atoms with Crippen LogP contribution in [-0.2, 0) is 16.7 Å². The largest absolute Gasteiger partial charge is 0.347 e. The Kier molecular flexibility index (Phi) is 10.0. The number of carbonyl (C=O) groups excluding carboxylic acids is 1. The molecule has 51 heavy (non-hydrogen) atoms. The van der Waals surface area contributed by atoms with Gasteiger partial charge in [0, 0.05) is 46.6 Å². The number of hydrogen-bond donors (Lipinski definition) is 4. The highest BCUT2D eigenvalue weighted by Gasteiger charge is 2.21. The predicted octanol–water partition coefficient (Wildman–Crippen LogP) is 6.01. The van der Waals surface area contributed by atoms with Crippen molar-refractivity contribution < 1.29 is 26.5 Å². The van der Waals surface area contributed by atoms with Gasteiger partial charge in [-0.1, -0.05) is 30.3 Å². The van der Waals surface area contributed by atoms with Gasteiger partial charge in [0.05, 0.1) is 17.1 Å². The van der Waals surface area contributed by atoms with Gasteiger partial charge in [0.1, 0.15) is 23.1 Å². The van der Waals surface area contributed by atoms with E-state index in [9.17, 15) is 26.8 Å². The van der Waals surface area contributed by atoms with E-state index in [0.29, 0.717) is 33.2 Å². The highest BCUT2D eigenvalue weighted by molar-refractivity contribution is 7.85. The first kappa shape index (κ1) is 34.7. The fourth-order valence-electron chi connectivity index (χ4n) is 4.94. The van der Waals surface area contributed by atoms with Gasteiger partial charge >= 0.3 is 0 Å². The second-order valence-electron chi connectivity index (χ2n) is 10.7. The Morgan fingerprint density at radius 2 is 1.73 bits per heavy atom. The van der Waals surface area contributed by atoms with Crippen molar-refractivity contribution in [3.8, 4) is 16.9 Å². The maximum absolute atomic E-state index is 14.9. The molecule has 0 fully saturated rings. The molecule has 0 bridgehead atoms. The number of aromatic nitrogens is 6. The Hall–Kier alpha value is -6.17. The van der Waals surface area contributed by atoms with E-state index in [2.05, 4.69) is 30.6 Å². The average molecular weight is 729 g/mol. The van der Waals surface area contributed by atoms with Gasteiger partial charge in [-0.05, 0) is 55.0 Å². The molecular weight excluding hydrogens is 703 g/mol. The van der Waals surface area contributed by atoms with Gasteiger partial charge in [0.2, 0.25) is 5.95 Å². The lowest BCUT2D eigenvalue weighted by Crippen LogP contribution is -2.21. The second-order valence-corrected chi connectivity index (χ2v) is 13.0. The van der Waals surface area contributed by atoms with Crippen LogP contribution in [0.4, 0.5) is 19.9 Å². The number of amides is 1. The van der Waals surface area contributed by atoms with Crippen molar-refractivity contribution in [2.24, 2.45) is 0 Å². The molecule has 258 valence electrons. The number of imidazole rings is 1. The number of benzene rings is 3. The molecule has 0 spiro atoms. The molecule has 4 N–H and O–H groups in total. The summed E-state index contributed by atoms with van der Waals surface area (Å²) < 4.78 is 60.0. The first-order valence-electron chi connectivity index (χ1n) is 14.9. The lowest BCUT2D eigenvalue weighted by molar-refractivity contribution is 0.102. The molecule has 0 atom stereocenters. The van der Waals surface area contributed by atoms with Gasteiger partial charge in [-0.2, -0.15) is 13.4 Å². The summed E-state index contributed by atoms with van der Waals surface area (Å²) in [6.07, 6.45) is 4.84. The lowest BCUT2D eigenvalue weighted by Gasteiger charge is -2.16. The van der Waals surface area contributed by atoms with Gasteiger partial charge in [0.25, 0.3) is 21.6 Å². The molecule has 0 aliphatic heterocycles. The Morgan fingerprint density at radius 1 is 0.961 bits per heavy atom. The van der Waals surface area contributed by atoms with E-state index in [1.54, 1.807) is 60.4 Å². The van der Waals surface area contributed by atoms with E-state index >= 15 is 0 Å². The molecule has 13 nitrogen and oxygen atoms in total. The van der Waals surface area contributed by atoms with E-state index < -0.39 is 33.0 Å². The Balaban J connectivity index is 0.000000388. The van der Waals surface area contributed by atoms with Crippen molar-refractivity contribution in [2.45, 2.75) is 18.4 Å². The summed E-state index contributed by atoms with van der Waals surface area (Å²) in [4.78, 5) is 46.4. The number of fused-ring (bicyclic) bond motifs is 1. The first-order chi connectivity index (χ1) is 24.5. The van der Waals surface area contributed by atoms with Crippen LogP contribution < -0.4 is 16.2 Å². The molecule has 0 saturated carbocycles. The molecule has 7 aromatic rings. The molecule has 4 heterocycles. The van der Waals surface area contributed by atoms with Crippen LogP contribution in [0.3, 0.4) is 0 Å². The summed E-state index contributed by atoms with van der Waals surface area (Å²) in [6, 6.07) is 18.6. The minimum atomic E-state index is -4.00. The third kappa shape index (κ3) is 7.85. The van der Waals surface area contributed by atoms with Crippen LogP contribution in [-0.4, -0.2) is 48.4 Å². The predicted molar refractivity (Wildman–Crippen MR) is 187 cm³/mol. The number of hydrogen-bond acceptors (Lipinski definition) is 10.